The van der Waals surface area contributed by atoms with Crippen LogP contribution in [0.2, 0.25) is 0 Å². The van der Waals surface area contributed by atoms with Crippen LogP contribution in [-0.4, -0.2) is 64.6 Å². The maximum absolute atomic E-state index is 5.48. The van der Waals surface area contributed by atoms with Crippen molar-refractivity contribution in [1.29, 1.82) is 0 Å². The van der Waals surface area contributed by atoms with Gasteiger partial charge in [0.1, 0.15) is 0 Å². The number of likely N-dealkylation sites (N-methyl/N-ethyl adjacent to an activating group) is 1. The molecule has 0 bridgehead atoms. The normalized spacial score (nSPS) is 25.6. The molecule has 0 atom stereocenters. The fraction of sp³-hybridized carbons (Fsp3) is 1.00. The van der Waals surface area contributed by atoms with E-state index in [1.807, 2.05) is 0 Å². The Morgan fingerprint density at radius 2 is 2.00 bits per heavy atom. The van der Waals surface area contributed by atoms with Crippen LogP contribution in [0.1, 0.15) is 12.8 Å². The lowest BCUT2D eigenvalue weighted by Crippen LogP contribution is -2.46. The van der Waals surface area contributed by atoms with Gasteiger partial charge in [0.2, 0.25) is 0 Å². The predicted octanol–water partition coefficient (Wildman–Crippen LogP) is 0.332. The van der Waals surface area contributed by atoms with Crippen molar-refractivity contribution >= 4 is 0 Å². The van der Waals surface area contributed by atoms with Crippen molar-refractivity contribution in [2.75, 3.05) is 47.5 Å². The molecule has 0 amide bonds. The van der Waals surface area contributed by atoms with E-state index in [4.69, 9.17) is 9.47 Å². The van der Waals surface area contributed by atoms with Crippen LogP contribution in [0.5, 0.6) is 0 Å². The Morgan fingerprint density at radius 1 is 1.27 bits per heavy atom. The quantitative estimate of drug-likeness (QED) is 0.593. The summed E-state index contributed by atoms with van der Waals surface area (Å²) in [7, 11) is 5.90. The van der Waals surface area contributed by atoms with Crippen molar-refractivity contribution in [1.82, 2.24) is 10.2 Å². The highest BCUT2D eigenvalue weighted by atomic mass is 16.5. The van der Waals surface area contributed by atoms with Crippen molar-refractivity contribution in [2.24, 2.45) is 0 Å². The van der Waals surface area contributed by atoms with E-state index in [-0.39, 0.29) is 0 Å². The van der Waals surface area contributed by atoms with Crippen LogP contribution in [0.4, 0.5) is 0 Å². The SMILES string of the molecule is COC1CC(NCCOCCN(C)C)C1. The van der Waals surface area contributed by atoms with Crippen molar-refractivity contribution in [3.8, 4) is 0 Å². The van der Waals surface area contributed by atoms with Gasteiger partial charge >= 0.3 is 0 Å². The zero-order chi connectivity index (χ0) is 11.1. The fourth-order valence-electron chi connectivity index (χ4n) is 1.61. The summed E-state index contributed by atoms with van der Waals surface area (Å²) >= 11 is 0. The molecule has 1 aliphatic carbocycles. The van der Waals surface area contributed by atoms with Gasteiger partial charge in [0, 0.05) is 26.2 Å². The third-order valence-electron chi connectivity index (χ3n) is 2.79. The van der Waals surface area contributed by atoms with Gasteiger partial charge in [-0.05, 0) is 26.9 Å². The molecule has 0 radical (unpaired) electrons. The lowest BCUT2D eigenvalue weighted by Gasteiger charge is -2.34. The van der Waals surface area contributed by atoms with E-state index in [2.05, 4.69) is 24.3 Å². The van der Waals surface area contributed by atoms with Crippen LogP contribution in [0.25, 0.3) is 0 Å². The molecule has 1 saturated carbocycles. The number of methoxy groups -OCH3 is 1. The summed E-state index contributed by atoms with van der Waals surface area (Å²) in [5.74, 6) is 0. The number of ether oxygens (including phenoxy) is 2. The van der Waals surface area contributed by atoms with Gasteiger partial charge in [-0.1, -0.05) is 0 Å². The molecule has 0 saturated heterocycles. The molecule has 0 aromatic heterocycles. The van der Waals surface area contributed by atoms with Crippen LogP contribution >= 0.6 is 0 Å². The Balaban J connectivity index is 1.78. The molecule has 1 aliphatic rings. The second-order valence-corrected chi connectivity index (χ2v) is 4.40. The summed E-state index contributed by atoms with van der Waals surface area (Å²) in [6.45, 7) is 3.58. The maximum atomic E-state index is 5.48. The summed E-state index contributed by atoms with van der Waals surface area (Å²) in [5.41, 5.74) is 0. The third kappa shape index (κ3) is 5.47. The van der Waals surface area contributed by atoms with Gasteiger partial charge in [-0.25, -0.2) is 0 Å². The van der Waals surface area contributed by atoms with Gasteiger partial charge in [-0.15, -0.1) is 0 Å². The monoisotopic (exact) mass is 216 g/mol. The van der Waals surface area contributed by atoms with E-state index in [9.17, 15) is 0 Å². The predicted molar refractivity (Wildman–Crippen MR) is 61.2 cm³/mol. The van der Waals surface area contributed by atoms with Gasteiger partial charge in [-0.3, -0.25) is 0 Å². The summed E-state index contributed by atoms with van der Waals surface area (Å²) < 4.78 is 10.7. The van der Waals surface area contributed by atoms with Gasteiger partial charge in [-0.2, -0.15) is 0 Å². The van der Waals surface area contributed by atoms with Crippen LogP contribution < -0.4 is 5.32 Å². The first kappa shape index (κ1) is 12.9. The van der Waals surface area contributed by atoms with Crippen LogP contribution in [0.15, 0.2) is 0 Å². The summed E-state index contributed by atoms with van der Waals surface area (Å²) in [4.78, 5) is 2.13. The van der Waals surface area contributed by atoms with E-state index < -0.39 is 0 Å². The Hall–Kier alpha value is -0.160. The molecule has 0 aliphatic heterocycles. The minimum absolute atomic E-state index is 0.483. The molecule has 0 spiro atoms. The zero-order valence-electron chi connectivity index (χ0n) is 10.2. The first-order valence-electron chi connectivity index (χ1n) is 5.71. The lowest BCUT2D eigenvalue weighted by molar-refractivity contribution is 0.0147. The number of rotatable bonds is 8. The van der Waals surface area contributed by atoms with Crippen molar-refractivity contribution < 1.29 is 9.47 Å². The van der Waals surface area contributed by atoms with Gasteiger partial charge in [0.15, 0.2) is 0 Å². The van der Waals surface area contributed by atoms with E-state index in [1.54, 1.807) is 7.11 Å². The number of nitrogens with zero attached hydrogens (tertiary/aromatic N) is 1. The molecular formula is C11H24N2O2. The molecule has 4 nitrogen and oxygen atoms in total. The molecule has 0 unspecified atom stereocenters. The topological polar surface area (TPSA) is 33.7 Å². The van der Waals surface area contributed by atoms with E-state index in [0.29, 0.717) is 12.1 Å². The summed E-state index contributed by atoms with van der Waals surface area (Å²) in [5, 5.41) is 3.45. The maximum Gasteiger partial charge on any atom is 0.0601 e. The highest BCUT2D eigenvalue weighted by molar-refractivity contribution is 4.85. The van der Waals surface area contributed by atoms with Crippen LogP contribution in [0, 0.1) is 0 Å². The Kier molecular flexibility index (Phi) is 6.17. The van der Waals surface area contributed by atoms with E-state index in [0.717, 1.165) is 39.1 Å². The number of hydrogen-bond donors (Lipinski definition) is 1. The lowest BCUT2D eigenvalue weighted by atomic mass is 9.89. The minimum atomic E-state index is 0.483. The van der Waals surface area contributed by atoms with Gasteiger partial charge in [0.25, 0.3) is 0 Å². The van der Waals surface area contributed by atoms with Crippen molar-refractivity contribution in [2.45, 2.75) is 25.0 Å². The second-order valence-electron chi connectivity index (χ2n) is 4.40. The van der Waals surface area contributed by atoms with Gasteiger partial charge in [0.05, 0.1) is 19.3 Å². The molecule has 1 rings (SSSR count). The molecule has 1 fully saturated rings. The van der Waals surface area contributed by atoms with Gasteiger partial charge < -0.3 is 19.7 Å². The molecule has 15 heavy (non-hydrogen) atoms. The van der Waals surface area contributed by atoms with Crippen LogP contribution in [-0.2, 0) is 9.47 Å². The summed E-state index contributed by atoms with van der Waals surface area (Å²) in [6, 6.07) is 0.646. The Bertz CT molecular complexity index is 159. The third-order valence-corrected chi connectivity index (χ3v) is 2.79. The molecular weight excluding hydrogens is 192 g/mol. The highest BCUT2D eigenvalue weighted by Crippen LogP contribution is 2.21. The largest absolute Gasteiger partial charge is 0.381 e. The smallest absolute Gasteiger partial charge is 0.0601 e. The molecule has 4 heteroatoms. The molecule has 1 N–H and O–H groups in total. The molecule has 0 aromatic carbocycles. The second kappa shape index (κ2) is 7.17. The molecule has 0 aromatic rings. The van der Waals surface area contributed by atoms with Crippen LogP contribution in [0.3, 0.4) is 0 Å². The Labute approximate surface area is 92.9 Å². The molecule has 0 heterocycles. The first-order chi connectivity index (χ1) is 7.22. The van der Waals surface area contributed by atoms with Crippen molar-refractivity contribution in [3.05, 3.63) is 0 Å². The zero-order valence-corrected chi connectivity index (χ0v) is 10.2. The van der Waals surface area contributed by atoms with E-state index >= 15 is 0 Å². The minimum Gasteiger partial charge on any atom is -0.381 e. The highest BCUT2D eigenvalue weighted by Gasteiger charge is 2.27. The summed E-state index contributed by atoms with van der Waals surface area (Å²) in [6.07, 6.45) is 2.78. The molecule has 90 valence electrons. The first-order valence-corrected chi connectivity index (χ1v) is 5.71. The average Bonchev–Trinajstić information content (AvgIpc) is 2.13. The Morgan fingerprint density at radius 3 is 2.60 bits per heavy atom. The number of nitrogens with one attached hydrogen (secondary N) is 1. The number of hydrogen-bond acceptors (Lipinski definition) is 4. The van der Waals surface area contributed by atoms with Crippen molar-refractivity contribution in [3.63, 3.8) is 0 Å². The van der Waals surface area contributed by atoms with E-state index in [1.165, 1.54) is 0 Å². The standard InChI is InChI=1S/C11H24N2O2/c1-13(2)5-7-15-6-4-12-10-8-11(9-10)14-3/h10-12H,4-9H2,1-3H3. The fourth-order valence-corrected chi connectivity index (χ4v) is 1.61. The average molecular weight is 216 g/mol.